The molecule has 0 aliphatic rings. The number of terminal acetylenes is 1. The molecular formula is C13H25NO2Si. The van der Waals surface area contributed by atoms with Crippen molar-refractivity contribution >= 4 is 14.2 Å². The normalized spacial score (nSPS) is 12.6. The molecule has 0 aromatic heterocycles. The molecule has 0 unspecified atom stereocenters. The van der Waals surface area contributed by atoms with Crippen molar-refractivity contribution in [3.8, 4) is 12.3 Å². The number of rotatable bonds is 7. The molecule has 0 saturated carbocycles. The minimum atomic E-state index is -1.11. The fourth-order valence-corrected chi connectivity index (χ4v) is 1.90. The third-order valence-corrected chi connectivity index (χ3v) is 4.17. The Morgan fingerprint density at radius 1 is 1.47 bits per heavy atom. The first-order valence-corrected chi connectivity index (χ1v) is 9.90. The van der Waals surface area contributed by atoms with E-state index >= 15 is 0 Å². The number of hydrogen-bond acceptors (Lipinski definition) is 2. The van der Waals surface area contributed by atoms with Crippen LogP contribution < -0.4 is 5.32 Å². The minimum absolute atomic E-state index is 0.309. The van der Waals surface area contributed by atoms with Gasteiger partial charge in [-0.15, -0.1) is 12.3 Å². The van der Waals surface area contributed by atoms with Gasteiger partial charge in [-0.3, -0.25) is 0 Å². The molecule has 0 bridgehead atoms. The third-order valence-electron chi connectivity index (χ3n) is 2.46. The van der Waals surface area contributed by atoms with E-state index in [0.29, 0.717) is 19.1 Å². The predicted molar refractivity (Wildman–Crippen MR) is 74.7 cm³/mol. The molecule has 0 aliphatic heterocycles. The lowest BCUT2D eigenvalue weighted by atomic mass is 10.1. The van der Waals surface area contributed by atoms with E-state index in [9.17, 15) is 4.79 Å². The second-order valence-corrected chi connectivity index (χ2v) is 11.3. The van der Waals surface area contributed by atoms with E-state index in [-0.39, 0.29) is 6.09 Å². The maximum absolute atomic E-state index is 11.3. The van der Waals surface area contributed by atoms with Gasteiger partial charge in [-0.1, -0.05) is 26.6 Å². The van der Waals surface area contributed by atoms with Gasteiger partial charge in [-0.2, -0.15) is 0 Å². The molecule has 0 spiro atoms. The molecule has 0 rings (SSSR count). The highest BCUT2D eigenvalue weighted by molar-refractivity contribution is 6.76. The lowest BCUT2D eigenvalue weighted by Crippen LogP contribution is -2.30. The number of amides is 1. The lowest BCUT2D eigenvalue weighted by Gasteiger charge is -2.16. The summed E-state index contributed by atoms with van der Waals surface area (Å²) in [6.07, 6.45) is 6.57. The molecule has 1 N–H and O–H groups in total. The Bertz CT molecular complexity index is 266. The molecule has 3 nitrogen and oxygen atoms in total. The fourth-order valence-electron chi connectivity index (χ4n) is 1.19. The number of hydrogen-bond donors (Lipinski definition) is 1. The SMILES string of the molecule is C#CCC[C@H](C)CNC(=O)OCC[Si](C)(C)C. The first-order chi connectivity index (χ1) is 7.85. The summed E-state index contributed by atoms with van der Waals surface area (Å²) in [5.41, 5.74) is 0. The van der Waals surface area contributed by atoms with Crippen molar-refractivity contribution in [2.24, 2.45) is 5.92 Å². The minimum Gasteiger partial charge on any atom is -0.450 e. The number of ether oxygens (including phenoxy) is 1. The van der Waals surface area contributed by atoms with E-state index < -0.39 is 8.07 Å². The molecule has 98 valence electrons. The molecule has 0 aromatic rings. The van der Waals surface area contributed by atoms with Gasteiger partial charge in [-0.05, 0) is 18.4 Å². The van der Waals surface area contributed by atoms with Gasteiger partial charge in [0.05, 0.1) is 6.61 Å². The Balaban J connectivity index is 3.57. The average molecular weight is 255 g/mol. The second-order valence-electron chi connectivity index (χ2n) is 5.68. The zero-order valence-electron chi connectivity index (χ0n) is 11.5. The summed E-state index contributed by atoms with van der Waals surface area (Å²) in [5.74, 6) is 3.00. The highest BCUT2D eigenvalue weighted by Crippen LogP contribution is 2.07. The summed E-state index contributed by atoms with van der Waals surface area (Å²) < 4.78 is 5.12. The summed E-state index contributed by atoms with van der Waals surface area (Å²) in [6, 6.07) is 1.01. The van der Waals surface area contributed by atoms with Gasteiger partial charge < -0.3 is 10.1 Å². The van der Waals surface area contributed by atoms with Crippen LogP contribution in [0.3, 0.4) is 0 Å². The van der Waals surface area contributed by atoms with E-state index in [2.05, 4.69) is 37.8 Å². The van der Waals surface area contributed by atoms with Crippen LogP contribution in [0, 0.1) is 18.3 Å². The molecule has 17 heavy (non-hydrogen) atoms. The molecule has 1 atom stereocenters. The highest BCUT2D eigenvalue weighted by atomic mass is 28.3. The standard InChI is InChI=1S/C13H25NO2Si/c1-6-7-8-12(2)11-14-13(15)16-9-10-17(3,4)5/h1,12H,7-11H2,2-5H3,(H,14,15)/t12-/m0/s1. The molecular weight excluding hydrogens is 230 g/mol. The summed E-state index contributed by atoms with van der Waals surface area (Å²) in [7, 11) is -1.11. The van der Waals surface area contributed by atoms with Gasteiger partial charge in [0.15, 0.2) is 0 Å². The fraction of sp³-hybridized carbons (Fsp3) is 0.769. The Morgan fingerprint density at radius 2 is 2.12 bits per heavy atom. The third kappa shape index (κ3) is 11.3. The van der Waals surface area contributed by atoms with E-state index in [1.807, 2.05) is 0 Å². The number of carbonyl (C=O) groups excluding carboxylic acids is 1. The van der Waals surface area contributed by atoms with E-state index in [1.54, 1.807) is 0 Å². The first kappa shape index (κ1) is 16.0. The van der Waals surface area contributed by atoms with E-state index in [1.165, 1.54) is 0 Å². The number of carbonyl (C=O) groups is 1. The molecule has 0 heterocycles. The zero-order valence-corrected chi connectivity index (χ0v) is 12.5. The zero-order chi connectivity index (χ0) is 13.3. The molecule has 4 heteroatoms. The van der Waals surface area contributed by atoms with Gasteiger partial charge in [0.1, 0.15) is 0 Å². The topological polar surface area (TPSA) is 38.3 Å². The first-order valence-electron chi connectivity index (χ1n) is 6.19. The summed E-state index contributed by atoms with van der Waals surface area (Å²) in [6.45, 7) is 10.0. The van der Waals surface area contributed by atoms with Crippen LogP contribution in [-0.4, -0.2) is 27.3 Å². The van der Waals surface area contributed by atoms with Crippen molar-refractivity contribution in [1.82, 2.24) is 5.32 Å². The quantitative estimate of drug-likeness (QED) is 0.561. The largest absolute Gasteiger partial charge is 0.450 e. The summed E-state index contributed by atoms with van der Waals surface area (Å²) in [4.78, 5) is 11.3. The van der Waals surface area contributed by atoms with Crippen molar-refractivity contribution in [3.05, 3.63) is 0 Å². The van der Waals surface area contributed by atoms with Gasteiger partial charge in [0.2, 0.25) is 0 Å². The average Bonchev–Trinajstić information content (AvgIpc) is 2.21. The Kier molecular flexibility index (Phi) is 7.73. The van der Waals surface area contributed by atoms with Crippen molar-refractivity contribution in [1.29, 1.82) is 0 Å². The molecule has 0 fully saturated rings. The van der Waals surface area contributed by atoms with Gasteiger partial charge in [-0.25, -0.2) is 4.79 Å². The highest BCUT2D eigenvalue weighted by Gasteiger charge is 2.13. The second kappa shape index (κ2) is 8.18. The van der Waals surface area contributed by atoms with Crippen molar-refractivity contribution in [2.75, 3.05) is 13.2 Å². The van der Waals surface area contributed by atoms with Crippen LogP contribution in [-0.2, 0) is 4.74 Å². The van der Waals surface area contributed by atoms with Crippen LogP contribution >= 0.6 is 0 Å². The Morgan fingerprint density at radius 3 is 2.65 bits per heavy atom. The van der Waals surface area contributed by atoms with Crippen LogP contribution in [0.5, 0.6) is 0 Å². The molecule has 0 radical (unpaired) electrons. The van der Waals surface area contributed by atoms with Crippen LogP contribution in [0.4, 0.5) is 4.79 Å². The van der Waals surface area contributed by atoms with Crippen LogP contribution in [0.2, 0.25) is 25.7 Å². The van der Waals surface area contributed by atoms with E-state index in [4.69, 9.17) is 11.2 Å². The van der Waals surface area contributed by atoms with Gasteiger partial charge >= 0.3 is 6.09 Å². The smallest absolute Gasteiger partial charge is 0.407 e. The molecule has 0 aromatic carbocycles. The van der Waals surface area contributed by atoms with E-state index in [0.717, 1.165) is 18.9 Å². The molecule has 0 saturated heterocycles. The lowest BCUT2D eigenvalue weighted by molar-refractivity contribution is 0.150. The Hall–Kier alpha value is -0.953. The van der Waals surface area contributed by atoms with Crippen molar-refractivity contribution < 1.29 is 9.53 Å². The molecule has 0 aliphatic carbocycles. The van der Waals surface area contributed by atoms with Gasteiger partial charge in [0.25, 0.3) is 0 Å². The molecule has 1 amide bonds. The van der Waals surface area contributed by atoms with Crippen molar-refractivity contribution in [3.63, 3.8) is 0 Å². The van der Waals surface area contributed by atoms with Crippen LogP contribution in [0.1, 0.15) is 19.8 Å². The Labute approximate surface area is 106 Å². The number of alkyl carbamates (subject to hydrolysis) is 1. The van der Waals surface area contributed by atoms with Gasteiger partial charge in [0, 0.05) is 21.0 Å². The predicted octanol–water partition coefficient (Wildman–Crippen LogP) is 3.10. The summed E-state index contributed by atoms with van der Waals surface area (Å²) >= 11 is 0. The monoisotopic (exact) mass is 255 g/mol. The number of nitrogens with one attached hydrogen (secondary N) is 1. The van der Waals surface area contributed by atoms with Crippen LogP contribution in [0.15, 0.2) is 0 Å². The maximum atomic E-state index is 11.3. The maximum Gasteiger partial charge on any atom is 0.407 e. The van der Waals surface area contributed by atoms with Crippen molar-refractivity contribution in [2.45, 2.75) is 45.5 Å². The van der Waals surface area contributed by atoms with Crippen LogP contribution in [0.25, 0.3) is 0 Å². The summed E-state index contributed by atoms with van der Waals surface area (Å²) in [5, 5.41) is 2.76.